The molecule has 4 aromatic heterocycles. The molecule has 0 saturated heterocycles. The van der Waals surface area contributed by atoms with Crippen molar-refractivity contribution in [2.24, 2.45) is 0 Å². The van der Waals surface area contributed by atoms with Gasteiger partial charge < -0.3 is 4.57 Å². The van der Waals surface area contributed by atoms with E-state index in [4.69, 9.17) is 9.40 Å². The minimum atomic E-state index is -1.83. The third kappa shape index (κ3) is 8.70. The van der Waals surface area contributed by atoms with Gasteiger partial charge in [0.2, 0.25) is 0 Å². The minimum Gasteiger partial charge on any atom is 0 e. The van der Waals surface area contributed by atoms with Crippen LogP contribution >= 0.6 is 0 Å². The summed E-state index contributed by atoms with van der Waals surface area (Å²) in [4.78, 5) is 14.3. The molecular weight excluding hydrogens is 973 g/mol. The largest absolute Gasteiger partial charge is 0 e. The number of imidazole rings is 1. The van der Waals surface area contributed by atoms with Gasteiger partial charge in [-0.1, -0.05) is 70.2 Å². The van der Waals surface area contributed by atoms with Gasteiger partial charge in [-0.25, -0.2) is 0 Å². The summed E-state index contributed by atoms with van der Waals surface area (Å²) in [6, 6.07) is 51.4. The number of benzene rings is 5. The van der Waals surface area contributed by atoms with Crippen molar-refractivity contribution in [3.05, 3.63) is 163 Å². The van der Waals surface area contributed by atoms with Crippen molar-refractivity contribution >= 4 is 50.8 Å². The molecule has 0 aliphatic heterocycles. The van der Waals surface area contributed by atoms with Crippen LogP contribution in [0.1, 0.15) is 69.2 Å². The van der Waals surface area contributed by atoms with Gasteiger partial charge in [0.1, 0.15) is 0 Å². The average molecular weight is 1030 g/mol. The summed E-state index contributed by atoms with van der Waals surface area (Å²) in [6.45, 7) is 11.2. The topological polar surface area (TPSA) is 56.7 Å². The number of nitrogens with zero attached hydrogens (tertiary/aromatic N) is 4. The number of hydrogen-bond acceptors (Lipinski definition) is 4. The van der Waals surface area contributed by atoms with Crippen LogP contribution in [-0.4, -0.2) is 32.8 Å². The van der Waals surface area contributed by atoms with E-state index in [0.717, 1.165) is 68.6 Å². The van der Waals surface area contributed by atoms with Crippen molar-refractivity contribution in [3.8, 4) is 39.5 Å². The second-order valence-electron chi connectivity index (χ2n) is 16.7. The predicted octanol–water partition coefficient (Wildman–Crippen LogP) is 13.9. The van der Waals surface area contributed by atoms with Crippen molar-refractivity contribution in [2.75, 3.05) is 0 Å². The summed E-state index contributed by atoms with van der Waals surface area (Å²) in [5.41, 5.74) is 14.1. The summed E-state index contributed by atoms with van der Waals surface area (Å²) >= 11 is -1.83. The van der Waals surface area contributed by atoms with Gasteiger partial charge >= 0.3 is 144 Å². The normalized spacial score (nSPS) is 12.5. The van der Waals surface area contributed by atoms with E-state index >= 15 is 0 Å². The maximum absolute atomic E-state index is 5.83. The summed E-state index contributed by atoms with van der Waals surface area (Å²) in [7, 11) is 0. The number of para-hydroxylation sites is 2. The number of aromatic nitrogens is 4. The maximum Gasteiger partial charge on any atom is 0 e. The van der Waals surface area contributed by atoms with E-state index in [-0.39, 0.29) is 20.1 Å². The molecule has 0 N–H and O–H groups in total. The van der Waals surface area contributed by atoms with E-state index in [2.05, 4.69) is 175 Å². The van der Waals surface area contributed by atoms with E-state index in [1.165, 1.54) is 32.3 Å². The number of furan rings is 1. The fourth-order valence-corrected chi connectivity index (χ4v) is 9.90. The van der Waals surface area contributed by atoms with Crippen molar-refractivity contribution in [2.45, 2.75) is 76.6 Å². The first-order valence-electron chi connectivity index (χ1n) is 20.9. The Kier molecular flexibility index (Phi) is 13.1. The molecule has 60 heavy (non-hydrogen) atoms. The molecular formula is C53H52GeIrN4O-2. The van der Waals surface area contributed by atoms with Crippen LogP contribution in [0.5, 0.6) is 0 Å². The Labute approximate surface area is 371 Å². The van der Waals surface area contributed by atoms with E-state index in [1.54, 1.807) is 0 Å². The SMILES string of the molecule is CCC(C)c1cc(-c2ccccc2)cc(C(C)CC)c1-n1c(-c2[c-]cccc2)nc2ccccc21.Cc1ccc2c(n1)oc1c[c-]c(-c3cc[c]([Ge]([CH3])([CH3])[CH3])cn3)cc12.[Ir]. The Bertz CT molecular complexity index is 2850. The first kappa shape index (κ1) is 43.0. The molecule has 2 unspecified atom stereocenters. The maximum atomic E-state index is 5.83. The Hall–Kier alpha value is -5.14. The summed E-state index contributed by atoms with van der Waals surface area (Å²) < 4.78 is 9.64. The zero-order valence-corrected chi connectivity index (χ0v) is 40.3. The van der Waals surface area contributed by atoms with Crippen LogP contribution in [0.2, 0.25) is 17.3 Å². The van der Waals surface area contributed by atoms with Crippen LogP contribution in [-0.2, 0) is 20.1 Å². The van der Waals surface area contributed by atoms with Gasteiger partial charge in [-0.3, -0.25) is 4.98 Å². The van der Waals surface area contributed by atoms with Gasteiger partial charge in [-0.2, -0.15) is 0 Å². The minimum absolute atomic E-state index is 0. The zero-order chi connectivity index (χ0) is 41.3. The summed E-state index contributed by atoms with van der Waals surface area (Å²) in [6.07, 6.45) is 4.18. The molecule has 7 heteroatoms. The number of rotatable bonds is 9. The fraction of sp³-hybridized carbons (Fsp3) is 0.226. The molecule has 0 aliphatic carbocycles. The van der Waals surface area contributed by atoms with Crippen molar-refractivity contribution in [1.82, 2.24) is 19.5 Å². The summed E-state index contributed by atoms with van der Waals surface area (Å²) in [5.74, 6) is 8.90. The molecule has 4 heterocycles. The molecule has 0 spiro atoms. The fourth-order valence-electron chi connectivity index (χ4n) is 7.73. The predicted molar refractivity (Wildman–Crippen MR) is 249 cm³/mol. The molecule has 5 aromatic carbocycles. The van der Waals surface area contributed by atoms with Crippen LogP contribution in [0.4, 0.5) is 0 Å². The quantitative estimate of drug-likeness (QED) is 0.107. The van der Waals surface area contributed by atoms with Crippen molar-refractivity contribution in [3.63, 3.8) is 0 Å². The Balaban J connectivity index is 0.000000191. The van der Waals surface area contributed by atoms with Crippen LogP contribution in [0.3, 0.4) is 0 Å². The van der Waals surface area contributed by atoms with Crippen LogP contribution < -0.4 is 4.40 Å². The standard InChI is InChI=1S/C33H33N2.C20H19GeN2O.Ir/c1-5-23(3)28-21-27(25-15-9-7-10-16-25)22-29(24(4)6-2)32(28)35-31-20-14-13-19-30(31)34-33(35)26-17-11-8-12-18-26;1-13-5-8-16-17-11-14(6-10-19(17)24-20(16)23-13)18-9-7-15(12-22-18)21(2,3)4;/h7-17,19-24H,5-6H2,1-4H3;5,7-12H,1-4H3;/q2*-1;. The molecule has 0 bridgehead atoms. The van der Waals surface area contributed by atoms with Gasteiger partial charge in [0.25, 0.3) is 0 Å². The third-order valence-corrected chi connectivity index (χ3v) is 15.9. The molecule has 0 fully saturated rings. The van der Waals surface area contributed by atoms with Gasteiger partial charge in [-0.15, -0.1) is 35.9 Å². The molecule has 0 saturated carbocycles. The van der Waals surface area contributed by atoms with Gasteiger partial charge in [0.15, 0.2) is 0 Å². The van der Waals surface area contributed by atoms with E-state index in [9.17, 15) is 0 Å². The monoisotopic (exact) mass is 1030 g/mol. The number of pyridine rings is 2. The van der Waals surface area contributed by atoms with E-state index in [1.807, 2.05) is 37.4 Å². The Morgan fingerprint density at radius 1 is 0.700 bits per heavy atom. The smallest absolute Gasteiger partial charge is 0 e. The Morgan fingerprint density at radius 2 is 1.40 bits per heavy atom. The van der Waals surface area contributed by atoms with Crippen LogP contribution in [0.15, 0.2) is 138 Å². The molecule has 0 aliphatic rings. The molecule has 1 radical (unpaired) electrons. The van der Waals surface area contributed by atoms with E-state index < -0.39 is 13.3 Å². The zero-order valence-electron chi connectivity index (χ0n) is 35.8. The molecule has 2 atom stereocenters. The second-order valence-corrected chi connectivity index (χ2v) is 27.4. The van der Waals surface area contributed by atoms with Crippen molar-refractivity contribution in [1.29, 1.82) is 0 Å². The molecule has 0 amide bonds. The van der Waals surface area contributed by atoms with Crippen LogP contribution in [0.25, 0.3) is 72.6 Å². The second kappa shape index (κ2) is 18.2. The average Bonchev–Trinajstić information content (AvgIpc) is 3.83. The number of hydrogen-bond donors (Lipinski definition) is 0. The number of fused-ring (bicyclic) bond motifs is 4. The van der Waals surface area contributed by atoms with Crippen LogP contribution in [0, 0.1) is 19.1 Å². The van der Waals surface area contributed by atoms with Gasteiger partial charge in [-0.05, 0) is 71.2 Å². The number of aryl methyl sites for hydroxylation is 1. The van der Waals surface area contributed by atoms with Gasteiger partial charge in [0, 0.05) is 25.8 Å². The molecule has 9 rings (SSSR count). The molecule has 9 aromatic rings. The Morgan fingerprint density at radius 3 is 2.05 bits per heavy atom. The van der Waals surface area contributed by atoms with Crippen molar-refractivity contribution < 1.29 is 24.5 Å². The third-order valence-electron chi connectivity index (χ3n) is 11.6. The van der Waals surface area contributed by atoms with E-state index in [0.29, 0.717) is 17.5 Å². The summed E-state index contributed by atoms with van der Waals surface area (Å²) in [5, 5.41) is 2.10. The van der Waals surface area contributed by atoms with Gasteiger partial charge in [0.05, 0.1) is 16.9 Å². The molecule has 305 valence electrons. The first-order chi connectivity index (χ1) is 28.5. The first-order valence-corrected chi connectivity index (χ1v) is 28.2. The molecule has 5 nitrogen and oxygen atoms in total.